The zero-order valence-electron chi connectivity index (χ0n) is 15.9. The van der Waals surface area contributed by atoms with E-state index in [4.69, 9.17) is 44.3 Å². The number of aromatic nitrogens is 1. The second kappa shape index (κ2) is 9.96. The Labute approximate surface area is 187 Å². The maximum absolute atomic E-state index is 12.5. The molecule has 154 valence electrons. The van der Waals surface area contributed by atoms with Gasteiger partial charge in [-0.2, -0.15) is 4.99 Å². The Bertz CT molecular complexity index is 1110. The zero-order chi connectivity index (χ0) is 21.0. The summed E-state index contributed by atoms with van der Waals surface area (Å²) in [6, 6.07) is 8.59. The molecular formula is C20H19Cl3N2O3S. The number of amides is 1. The average Bonchev–Trinajstić information content (AvgIpc) is 3.02. The Morgan fingerprint density at radius 3 is 2.69 bits per heavy atom. The normalized spacial score (nSPS) is 12.0. The van der Waals surface area contributed by atoms with E-state index in [0.29, 0.717) is 45.4 Å². The number of hydrogen-bond acceptors (Lipinski definition) is 4. The van der Waals surface area contributed by atoms with Gasteiger partial charge >= 0.3 is 0 Å². The molecule has 0 unspecified atom stereocenters. The van der Waals surface area contributed by atoms with Crippen LogP contribution in [0.2, 0.25) is 15.1 Å². The molecule has 9 heteroatoms. The van der Waals surface area contributed by atoms with Crippen LogP contribution in [0.25, 0.3) is 10.2 Å². The van der Waals surface area contributed by atoms with Crippen molar-refractivity contribution in [3.63, 3.8) is 0 Å². The molecule has 0 N–H and O–H groups in total. The Morgan fingerprint density at radius 2 is 1.97 bits per heavy atom. The Morgan fingerprint density at radius 1 is 1.17 bits per heavy atom. The fourth-order valence-corrected chi connectivity index (χ4v) is 4.53. The molecule has 29 heavy (non-hydrogen) atoms. The molecule has 0 radical (unpaired) electrons. The van der Waals surface area contributed by atoms with Crippen LogP contribution in [0.4, 0.5) is 0 Å². The van der Waals surface area contributed by atoms with Crippen LogP contribution in [0.15, 0.2) is 35.3 Å². The van der Waals surface area contributed by atoms with Crippen LogP contribution in [-0.2, 0) is 16.1 Å². The molecule has 3 rings (SSSR count). The maximum Gasteiger partial charge on any atom is 0.286 e. The lowest BCUT2D eigenvalue weighted by molar-refractivity contribution is -0.120. The van der Waals surface area contributed by atoms with Gasteiger partial charge < -0.3 is 14.0 Å². The van der Waals surface area contributed by atoms with Crippen molar-refractivity contribution in [1.82, 2.24) is 4.57 Å². The Balaban J connectivity index is 1.90. The van der Waals surface area contributed by atoms with Gasteiger partial charge in [0.15, 0.2) is 11.4 Å². The Kier molecular flexibility index (Phi) is 7.60. The number of nitrogens with zero attached hydrogens (tertiary/aromatic N) is 2. The molecule has 5 nitrogen and oxygen atoms in total. The molecule has 0 aliphatic heterocycles. The summed E-state index contributed by atoms with van der Waals surface area (Å²) in [5.41, 5.74) is 1.89. The average molecular weight is 474 g/mol. The van der Waals surface area contributed by atoms with E-state index in [1.54, 1.807) is 18.2 Å². The first-order valence-corrected chi connectivity index (χ1v) is 10.9. The van der Waals surface area contributed by atoms with Crippen molar-refractivity contribution in [1.29, 1.82) is 0 Å². The molecule has 0 saturated carbocycles. The highest BCUT2D eigenvalue weighted by atomic mass is 35.5. The van der Waals surface area contributed by atoms with E-state index in [0.717, 1.165) is 15.8 Å². The van der Waals surface area contributed by atoms with Gasteiger partial charge in [-0.25, -0.2) is 0 Å². The molecule has 0 saturated heterocycles. The first kappa shape index (κ1) is 22.1. The molecule has 0 atom stereocenters. The van der Waals surface area contributed by atoms with Crippen LogP contribution in [0.5, 0.6) is 5.75 Å². The largest absolute Gasteiger partial charge is 0.482 e. The summed E-state index contributed by atoms with van der Waals surface area (Å²) < 4.78 is 13.9. The van der Waals surface area contributed by atoms with Gasteiger partial charge in [0.05, 0.1) is 21.8 Å². The van der Waals surface area contributed by atoms with Gasteiger partial charge in [-0.3, -0.25) is 4.79 Å². The van der Waals surface area contributed by atoms with E-state index in [9.17, 15) is 4.79 Å². The van der Waals surface area contributed by atoms with Crippen LogP contribution in [0.3, 0.4) is 0 Å². The molecule has 0 spiro atoms. The number of fused-ring (bicyclic) bond motifs is 1. The first-order chi connectivity index (χ1) is 13.9. The molecule has 0 fully saturated rings. The van der Waals surface area contributed by atoms with Gasteiger partial charge in [-0.05, 0) is 49.7 Å². The number of halogens is 3. The van der Waals surface area contributed by atoms with Crippen LogP contribution in [0.1, 0.15) is 12.5 Å². The van der Waals surface area contributed by atoms with E-state index in [-0.39, 0.29) is 6.61 Å². The third kappa shape index (κ3) is 5.32. The molecule has 0 bridgehead atoms. The summed E-state index contributed by atoms with van der Waals surface area (Å²) in [5.74, 6) is -0.0423. The highest BCUT2D eigenvalue weighted by molar-refractivity contribution is 7.16. The number of aryl methyl sites for hydroxylation is 1. The van der Waals surface area contributed by atoms with Gasteiger partial charge in [0, 0.05) is 23.2 Å². The van der Waals surface area contributed by atoms with Gasteiger partial charge in [0.2, 0.25) is 0 Å². The lowest BCUT2D eigenvalue weighted by atomic mass is 10.2. The van der Waals surface area contributed by atoms with Crippen molar-refractivity contribution >= 4 is 62.3 Å². The summed E-state index contributed by atoms with van der Waals surface area (Å²) in [4.78, 5) is 17.3. The van der Waals surface area contributed by atoms with Crippen LogP contribution < -0.4 is 9.54 Å². The quantitative estimate of drug-likeness (QED) is 0.425. The number of benzene rings is 2. The number of rotatable bonds is 7. The van der Waals surface area contributed by atoms with Gasteiger partial charge in [0.1, 0.15) is 5.75 Å². The van der Waals surface area contributed by atoms with Gasteiger partial charge in [-0.15, -0.1) is 0 Å². The van der Waals surface area contributed by atoms with Crippen LogP contribution >= 0.6 is 46.1 Å². The molecule has 1 amide bonds. The van der Waals surface area contributed by atoms with Crippen molar-refractivity contribution in [3.05, 3.63) is 55.8 Å². The van der Waals surface area contributed by atoms with E-state index in [1.165, 1.54) is 11.3 Å². The van der Waals surface area contributed by atoms with E-state index in [2.05, 4.69) is 4.99 Å². The van der Waals surface area contributed by atoms with E-state index >= 15 is 0 Å². The summed E-state index contributed by atoms with van der Waals surface area (Å²) >= 11 is 19.7. The number of carbonyl (C=O) groups excluding carboxylic acids is 1. The molecule has 0 aliphatic carbocycles. The van der Waals surface area contributed by atoms with Gasteiger partial charge in [0.25, 0.3) is 5.91 Å². The van der Waals surface area contributed by atoms with Crippen LogP contribution in [-0.4, -0.2) is 30.3 Å². The second-order valence-electron chi connectivity index (χ2n) is 6.12. The minimum absolute atomic E-state index is 0.235. The van der Waals surface area contributed by atoms with E-state index in [1.807, 2.05) is 30.5 Å². The van der Waals surface area contributed by atoms with Crippen molar-refractivity contribution in [2.45, 2.75) is 20.4 Å². The summed E-state index contributed by atoms with van der Waals surface area (Å²) in [5, 5.41) is 1.50. The predicted molar refractivity (Wildman–Crippen MR) is 119 cm³/mol. The third-order valence-corrected chi connectivity index (χ3v) is 6.14. The number of carbonyl (C=O) groups is 1. The smallest absolute Gasteiger partial charge is 0.286 e. The minimum atomic E-state index is -0.420. The number of thiazole rings is 1. The van der Waals surface area contributed by atoms with Crippen molar-refractivity contribution in [2.75, 3.05) is 19.8 Å². The second-order valence-corrected chi connectivity index (χ2v) is 8.38. The fourth-order valence-electron chi connectivity index (χ4n) is 2.78. The lowest BCUT2D eigenvalue weighted by Gasteiger charge is -2.08. The minimum Gasteiger partial charge on any atom is -0.482 e. The van der Waals surface area contributed by atoms with Crippen molar-refractivity contribution < 1.29 is 14.3 Å². The van der Waals surface area contributed by atoms with Crippen LogP contribution in [0, 0.1) is 6.92 Å². The molecule has 2 aromatic carbocycles. The zero-order valence-corrected chi connectivity index (χ0v) is 19.0. The SMILES string of the molecule is CCOCCn1c(=NC(=O)COc2ccc(Cl)cc2Cl)sc2ccc(Cl)c(C)c21. The summed E-state index contributed by atoms with van der Waals surface area (Å²) in [6.45, 7) is 5.33. The Hall–Kier alpha value is -1.57. The first-order valence-electron chi connectivity index (χ1n) is 8.92. The molecule has 0 aliphatic rings. The van der Waals surface area contributed by atoms with Crippen molar-refractivity contribution in [2.24, 2.45) is 4.99 Å². The standard InChI is InChI=1S/C20H19Cl3N2O3S/c1-3-27-9-8-25-19-12(2)14(22)5-7-17(19)29-20(25)24-18(26)11-28-16-6-4-13(21)10-15(16)23/h4-7,10H,3,8-9,11H2,1-2H3. The lowest BCUT2D eigenvalue weighted by Crippen LogP contribution is -2.21. The number of ether oxygens (including phenoxy) is 2. The third-order valence-electron chi connectivity index (χ3n) is 4.16. The van der Waals surface area contributed by atoms with Crippen molar-refractivity contribution in [3.8, 4) is 5.75 Å². The topological polar surface area (TPSA) is 52.8 Å². The number of hydrogen-bond donors (Lipinski definition) is 0. The monoisotopic (exact) mass is 472 g/mol. The highest BCUT2D eigenvalue weighted by Gasteiger charge is 2.13. The maximum atomic E-state index is 12.5. The molecule has 3 aromatic rings. The van der Waals surface area contributed by atoms with Gasteiger partial charge in [-0.1, -0.05) is 46.1 Å². The predicted octanol–water partition coefficient (Wildman–Crippen LogP) is 5.51. The molecule has 1 heterocycles. The summed E-state index contributed by atoms with van der Waals surface area (Å²) in [6.07, 6.45) is 0. The molecular weight excluding hydrogens is 455 g/mol. The van der Waals surface area contributed by atoms with E-state index < -0.39 is 5.91 Å². The molecule has 1 aromatic heterocycles. The highest BCUT2D eigenvalue weighted by Crippen LogP contribution is 2.28. The summed E-state index contributed by atoms with van der Waals surface area (Å²) in [7, 11) is 0. The fraction of sp³-hybridized carbons (Fsp3) is 0.300.